The summed E-state index contributed by atoms with van der Waals surface area (Å²) >= 11 is 1.70. The average molecular weight is 450 g/mol. The summed E-state index contributed by atoms with van der Waals surface area (Å²) in [6.45, 7) is 0.488. The summed E-state index contributed by atoms with van der Waals surface area (Å²) in [7, 11) is 0. The molecule has 32 heavy (non-hydrogen) atoms. The molecule has 0 spiro atoms. The number of rotatable bonds is 6. The van der Waals surface area contributed by atoms with Gasteiger partial charge in [0.25, 0.3) is 17.7 Å². The number of hydrogen-bond acceptors (Lipinski definition) is 5. The molecule has 0 radical (unpaired) electrons. The molecule has 1 aromatic heterocycles. The van der Waals surface area contributed by atoms with Crippen molar-refractivity contribution >= 4 is 40.4 Å². The zero-order valence-electron chi connectivity index (χ0n) is 17.4. The van der Waals surface area contributed by atoms with Crippen molar-refractivity contribution in [1.29, 1.82) is 0 Å². The minimum absolute atomic E-state index is 0.0315. The van der Waals surface area contributed by atoms with Crippen LogP contribution in [-0.2, 0) is 11.2 Å². The van der Waals surface area contributed by atoms with Crippen LogP contribution in [0.4, 0.5) is 11.4 Å². The third-order valence-corrected chi connectivity index (χ3v) is 6.15. The van der Waals surface area contributed by atoms with Crippen LogP contribution in [0.15, 0.2) is 60.0 Å². The first-order valence-electron chi connectivity index (χ1n) is 10.3. The number of nitrogens with zero attached hydrogens (tertiary/aromatic N) is 1. The van der Waals surface area contributed by atoms with Crippen LogP contribution < -0.4 is 20.7 Å². The van der Waals surface area contributed by atoms with E-state index in [1.807, 2.05) is 16.3 Å². The van der Waals surface area contributed by atoms with Crippen LogP contribution in [-0.4, -0.2) is 30.9 Å². The van der Waals surface area contributed by atoms with Crippen molar-refractivity contribution in [2.45, 2.75) is 19.3 Å². The first-order chi connectivity index (χ1) is 15.5. The highest BCUT2D eigenvalue weighted by Gasteiger charge is 2.23. The lowest BCUT2D eigenvalue weighted by atomic mass is 10.1. The Kier molecular flexibility index (Phi) is 6.51. The number of nitrogens with one attached hydrogen (secondary N) is 1. The Hall–Kier alpha value is -3.65. The first kappa shape index (κ1) is 21.6. The van der Waals surface area contributed by atoms with Crippen LogP contribution >= 0.6 is 11.3 Å². The van der Waals surface area contributed by atoms with Gasteiger partial charge in [-0.2, -0.15) is 0 Å². The zero-order valence-corrected chi connectivity index (χ0v) is 18.2. The summed E-state index contributed by atoms with van der Waals surface area (Å²) in [6, 6.07) is 15.3. The molecule has 1 aliphatic heterocycles. The molecule has 0 atom stereocenters. The van der Waals surface area contributed by atoms with E-state index in [0.717, 1.165) is 24.9 Å². The maximum Gasteiger partial charge on any atom is 0.258 e. The third-order valence-electron chi connectivity index (χ3n) is 5.18. The lowest BCUT2D eigenvalue weighted by Crippen LogP contribution is -2.31. The first-order valence-corrected chi connectivity index (χ1v) is 11.2. The number of primary amides is 1. The molecule has 164 valence electrons. The van der Waals surface area contributed by atoms with Crippen LogP contribution in [0.3, 0.4) is 0 Å². The maximum atomic E-state index is 13.1. The van der Waals surface area contributed by atoms with Gasteiger partial charge in [0.05, 0.1) is 5.69 Å². The number of fused-ring (bicyclic) bond motifs is 1. The number of ether oxygens (including phenoxy) is 1. The minimum atomic E-state index is -0.569. The maximum absolute atomic E-state index is 13.1. The van der Waals surface area contributed by atoms with Crippen molar-refractivity contribution in [2.24, 2.45) is 5.73 Å². The zero-order chi connectivity index (χ0) is 22.5. The molecular formula is C24H23N3O4S. The quantitative estimate of drug-likeness (QED) is 0.597. The summed E-state index contributed by atoms with van der Waals surface area (Å²) in [5.74, 6) is -0.442. The Morgan fingerprint density at radius 1 is 0.969 bits per heavy atom. The molecule has 2 aromatic carbocycles. The standard InChI is InChI=1S/C24H23N3O4S/c25-22(28)15-31-19-10-6-16(7-11-19)23(29)26-18-8-4-17(5-9-18)24(30)27-13-2-1-3-21-20(27)12-14-32-21/h4-12,14H,1-3,13,15H2,(H2,25,28)(H,26,29). The molecular weight excluding hydrogens is 426 g/mol. The molecule has 1 aliphatic rings. The Morgan fingerprint density at radius 2 is 1.69 bits per heavy atom. The van der Waals surface area contributed by atoms with E-state index < -0.39 is 5.91 Å². The van der Waals surface area contributed by atoms with Gasteiger partial charge in [-0.05, 0) is 79.2 Å². The predicted molar refractivity (Wildman–Crippen MR) is 124 cm³/mol. The summed E-state index contributed by atoms with van der Waals surface area (Å²) in [5, 5.41) is 4.85. The molecule has 0 aliphatic carbocycles. The molecule has 8 heteroatoms. The lowest BCUT2D eigenvalue weighted by molar-refractivity contribution is -0.119. The van der Waals surface area contributed by atoms with E-state index in [4.69, 9.17) is 10.5 Å². The Balaban J connectivity index is 1.40. The third kappa shape index (κ3) is 4.97. The molecule has 0 saturated heterocycles. The molecule has 3 N–H and O–H groups in total. The smallest absolute Gasteiger partial charge is 0.258 e. The van der Waals surface area contributed by atoms with Crippen LogP contribution in [0.1, 0.15) is 38.4 Å². The highest BCUT2D eigenvalue weighted by atomic mass is 32.1. The molecule has 0 bridgehead atoms. The van der Waals surface area contributed by atoms with Crippen LogP contribution in [0.5, 0.6) is 5.75 Å². The molecule has 0 saturated carbocycles. The summed E-state index contributed by atoms with van der Waals surface area (Å²) in [6.07, 6.45) is 3.08. The monoisotopic (exact) mass is 449 g/mol. The molecule has 3 amide bonds. The van der Waals surface area contributed by atoms with Gasteiger partial charge in [-0.3, -0.25) is 14.4 Å². The van der Waals surface area contributed by atoms with Gasteiger partial charge in [0, 0.05) is 28.2 Å². The summed E-state index contributed by atoms with van der Waals surface area (Å²) in [5.41, 5.74) is 7.67. The fourth-order valence-corrected chi connectivity index (χ4v) is 4.48. The number of thiophene rings is 1. The van der Waals surface area contributed by atoms with Gasteiger partial charge >= 0.3 is 0 Å². The van der Waals surface area contributed by atoms with Gasteiger partial charge in [0.15, 0.2) is 6.61 Å². The number of carbonyl (C=O) groups is 3. The van der Waals surface area contributed by atoms with Gasteiger partial charge in [-0.15, -0.1) is 11.3 Å². The average Bonchev–Trinajstić information content (AvgIpc) is 3.17. The van der Waals surface area contributed by atoms with Crippen molar-refractivity contribution in [3.05, 3.63) is 76.0 Å². The Bertz CT molecular complexity index is 1120. The summed E-state index contributed by atoms with van der Waals surface area (Å²) < 4.78 is 5.19. The minimum Gasteiger partial charge on any atom is -0.484 e. The lowest BCUT2D eigenvalue weighted by Gasteiger charge is -2.21. The Labute approximate surface area is 189 Å². The van der Waals surface area contributed by atoms with Crippen molar-refractivity contribution in [3.8, 4) is 5.75 Å². The second-order valence-electron chi connectivity index (χ2n) is 7.45. The predicted octanol–water partition coefficient (Wildman–Crippen LogP) is 3.85. The molecule has 4 rings (SSSR count). The van der Waals surface area contributed by atoms with E-state index >= 15 is 0 Å². The number of anilines is 2. The number of hydrogen-bond donors (Lipinski definition) is 2. The van der Waals surface area contributed by atoms with Crippen LogP contribution in [0.25, 0.3) is 0 Å². The van der Waals surface area contributed by atoms with Gasteiger partial charge in [-0.1, -0.05) is 0 Å². The highest BCUT2D eigenvalue weighted by Crippen LogP contribution is 2.32. The van der Waals surface area contributed by atoms with Gasteiger partial charge < -0.3 is 20.7 Å². The van der Waals surface area contributed by atoms with E-state index in [1.165, 1.54) is 4.88 Å². The van der Waals surface area contributed by atoms with E-state index in [9.17, 15) is 14.4 Å². The van der Waals surface area contributed by atoms with E-state index in [2.05, 4.69) is 5.32 Å². The largest absolute Gasteiger partial charge is 0.484 e. The number of aryl methyl sites for hydroxylation is 1. The molecule has 2 heterocycles. The fourth-order valence-electron chi connectivity index (χ4n) is 3.56. The molecule has 0 fully saturated rings. The second kappa shape index (κ2) is 9.65. The van der Waals surface area contributed by atoms with E-state index in [0.29, 0.717) is 29.1 Å². The SMILES string of the molecule is NC(=O)COc1ccc(C(=O)Nc2ccc(C(=O)N3CCCCc4sccc43)cc2)cc1. The second-order valence-corrected chi connectivity index (χ2v) is 8.45. The van der Waals surface area contributed by atoms with Crippen molar-refractivity contribution in [3.63, 3.8) is 0 Å². The number of amides is 3. The highest BCUT2D eigenvalue weighted by molar-refractivity contribution is 7.10. The number of nitrogens with two attached hydrogens (primary N) is 1. The van der Waals surface area contributed by atoms with Crippen molar-refractivity contribution in [1.82, 2.24) is 0 Å². The number of carbonyl (C=O) groups excluding carboxylic acids is 3. The van der Waals surface area contributed by atoms with Crippen LogP contribution in [0.2, 0.25) is 0 Å². The van der Waals surface area contributed by atoms with E-state index in [1.54, 1.807) is 59.9 Å². The normalized spacial score (nSPS) is 13.1. The number of benzene rings is 2. The van der Waals surface area contributed by atoms with E-state index in [-0.39, 0.29) is 18.4 Å². The molecule has 3 aromatic rings. The van der Waals surface area contributed by atoms with Crippen molar-refractivity contribution < 1.29 is 19.1 Å². The van der Waals surface area contributed by atoms with Crippen LogP contribution in [0, 0.1) is 0 Å². The van der Waals surface area contributed by atoms with Crippen molar-refractivity contribution in [2.75, 3.05) is 23.4 Å². The van der Waals surface area contributed by atoms with Gasteiger partial charge in [0.2, 0.25) is 0 Å². The fraction of sp³-hybridized carbons (Fsp3) is 0.208. The molecule has 7 nitrogen and oxygen atoms in total. The summed E-state index contributed by atoms with van der Waals surface area (Å²) in [4.78, 5) is 39.5. The molecule has 0 unspecified atom stereocenters. The van der Waals surface area contributed by atoms with Gasteiger partial charge in [0.1, 0.15) is 5.75 Å². The topological polar surface area (TPSA) is 102 Å². The van der Waals surface area contributed by atoms with Gasteiger partial charge in [-0.25, -0.2) is 0 Å². The Morgan fingerprint density at radius 3 is 2.41 bits per heavy atom.